The fourth-order valence-corrected chi connectivity index (χ4v) is 3.56. The zero-order valence-electron chi connectivity index (χ0n) is 18.1. The van der Waals surface area contributed by atoms with E-state index in [9.17, 15) is 4.79 Å². The van der Waals surface area contributed by atoms with Crippen LogP contribution in [0.5, 0.6) is 11.5 Å². The third-order valence-corrected chi connectivity index (χ3v) is 5.22. The molecule has 1 aromatic heterocycles. The number of carbonyl (C=O) groups is 1. The monoisotopic (exact) mass is 434 g/mol. The van der Waals surface area contributed by atoms with Crippen LogP contribution in [0.25, 0.3) is 0 Å². The van der Waals surface area contributed by atoms with Gasteiger partial charge in [-0.2, -0.15) is 0 Å². The lowest BCUT2D eigenvalue weighted by molar-refractivity contribution is 0.262. The van der Waals surface area contributed by atoms with Gasteiger partial charge in [0.25, 0.3) is 0 Å². The van der Waals surface area contributed by atoms with Crippen LogP contribution in [0, 0.1) is 0 Å². The van der Waals surface area contributed by atoms with Gasteiger partial charge >= 0.3 is 6.03 Å². The van der Waals surface area contributed by atoms with Crippen LogP contribution in [0.4, 0.5) is 27.8 Å². The molecular formula is C23H26N6O3. The highest BCUT2D eigenvalue weighted by Gasteiger charge is 2.19. The van der Waals surface area contributed by atoms with E-state index < -0.39 is 6.03 Å². The van der Waals surface area contributed by atoms with E-state index in [1.165, 1.54) is 5.69 Å². The van der Waals surface area contributed by atoms with Crippen molar-refractivity contribution in [3.63, 3.8) is 0 Å². The number of urea groups is 1. The molecule has 0 unspecified atom stereocenters. The molecule has 0 radical (unpaired) electrons. The van der Waals surface area contributed by atoms with Crippen molar-refractivity contribution in [1.82, 2.24) is 9.97 Å². The highest BCUT2D eigenvalue weighted by molar-refractivity contribution is 5.99. The molecular weight excluding hydrogens is 408 g/mol. The molecule has 3 aromatic rings. The molecule has 0 saturated carbocycles. The Morgan fingerprint density at radius 2 is 1.44 bits per heavy atom. The second-order valence-electron chi connectivity index (χ2n) is 7.23. The van der Waals surface area contributed by atoms with E-state index in [2.05, 4.69) is 54.7 Å². The first kappa shape index (κ1) is 21.2. The highest BCUT2D eigenvalue weighted by atomic mass is 16.5. The number of carbonyl (C=O) groups excluding carboxylic acids is 1. The zero-order valence-corrected chi connectivity index (χ0v) is 18.1. The predicted octanol–water partition coefficient (Wildman–Crippen LogP) is 3.46. The van der Waals surface area contributed by atoms with Crippen LogP contribution < -0.4 is 29.9 Å². The fraction of sp³-hybridized carbons (Fsp3) is 0.261. The highest BCUT2D eigenvalue weighted by Crippen LogP contribution is 2.29. The van der Waals surface area contributed by atoms with E-state index in [1.807, 2.05) is 6.07 Å². The molecule has 2 heterocycles. The molecule has 0 atom stereocenters. The average Bonchev–Trinajstić information content (AvgIpc) is 2.85. The van der Waals surface area contributed by atoms with E-state index in [4.69, 9.17) is 9.47 Å². The molecule has 2 aromatic carbocycles. The summed E-state index contributed by atoms with van der Waals surface area (Å²) in [6, 6.07) is 15.1. The van der Waals surface area contributed by atoms with Crippen LogP contribution >= 0.6 is 0 Å². The molecule has 1 aliphatic heterocycles. The van der Waals surface area contributed by atoms with E-state index in [-0.39, 0.29) is 0 Å². The van der Waals surface area contributed by atoms with Gasteiger partial charge in [0.15, 0.2) is 11.5 Å². The third-order valence-electron chi connectivity index (χ3n) is 5.22. The molecule has 0 bridgehead atoms. The second kappa shape index (κ2) is 9.86. The summed E-state index contributed by atoms with van der Waals surface area (Å²) < 4.78 is 10.5. The molecule has 166 valence electrons. The Kier molecular flexibility index (Phi) is 6.54. The fourth-order valence-electron chi connectivity index (χ4n) is 3.56. The van der Waals surface area contributed by atoms with Crippen molar-refractivity contribution in [2.45, 2.75) is 0 Å². The van der Waals surface area contributed by atoms with Crippen molar-refractivity contribution in [1.29, 1.82) is 0 Å². The second-order valence-corrected chi connectivity index (χ2v) is 7.23. The Bertz CT molecular complexity index is 1040. The third kappa shape index (κ3) is 5.00. The number of methoxy groups -OCH3 is 2. The first-order chi connectivity index (χ1) is 15.7. The lowest BCUT2D eigenvalue weighted by atomic mass is 10.2. The lowest BCUT2D eigenvalue weighted by Crippen LogP contribution is -2.47. The number of hydrogen-bond donors (Lipinski definition) is 2. The maximum atomic E-state index is 12.3. The van der Waals surface area contributed by atoms with Gasteiger partial charge < -0.3 is 29.9 Å². The number of nitrogens with one attached hydrogen (secondary N) is 2. The Morgan fingerprint density at radius 3 is 2.09 bits per heavy atom. The number of ether oxygens (including phenoxy) is 2. The quantitative estimate of drug-likeness (QED) is 0.614. The topological polar surface area (TPSA) is 91.8 Å². The van der Waals surface area contributed by atoms with Crippen LogP contribution in [0.3, 0.4) is 0 Å². The van der Waals surface area contributed by atoms with Gasteiger partial charge in [-0.1, -0.05) is 18.2 Å². The normalized spacial score (nSPS) is 13.4. The number of rotatable bonds is 6. The maximum absolute atomic E-state index is 12.3. The van der Waals surface area contributed by atoms with Crippen LogP contribution in [0.2, 0.25) is 0 Å². The van der Waals surface area contributed by atoms with Gasteiger partial charge in [-0.15, -0.1) is 0 Å². The van der Waals surface area contributed by atoms with Crippen LogP contribution in [-0.4, -0.2) is 56.4 Å². The molecule has 1 aliphatic rings. The average molecular weight is 435 g/mol. The summed E-state index contributed by atoms with van der Waals surface area (Å²) in [6.45, 7) is 3.48. The Morgan fingerprint density at radius 1 is 0.812 bits per heavy atom. The van der Waals surface area contributed by atoms with E-state index in [1.54, 1.807) is 44.8 Å². The number of amides is 2. The minimum Gasteiger partial charge on any atom is -0.493 e. The van der Waals surface area contributed by atoms with Gasteiger partial charge in [-0.05, 0) is 24.3 Å². The summed E-state index contributed by atoms with van der Waals surface area (Å²) >= 11 is 0. The van der Waals surface area contributed by atoms with Crippen molar-refractivity contribution in [2.24, 2.45) is 0 Å². The predicted molar refractivity (Wildman–Crippen MR) is 125 cm³/mol. The van der Waals surface area contributed by atoms with Crippen LogP contribution in [0.15, 0.2) is 60.9 Å². The molecule has 0 spiro atoms. The number of aromatic nitrogens is 2. The summed E-state index contributed by atoms with van der Waals surface area (Å²) in [4.78, 5) is 25.7. The van der Waals surface area contributed by atoms with Crippen molar-refractivity contribution in [3.05, 3.63) is 60.9 Å². The zero-order chi connectivity index (χ0) is 22.3. The number of anilines is 4. The number of nitrogens with zero attached hydrogens (tertiary/aromatic N) is 4. The maximum Gasteiger partial charge on any atom is 0.323 e. The molecule has 9 heteroatoms. The molecule has 2 amide bonds. The van der Waals surface area contributed by atoms with E-state index >= 15 is 0 Å². The molecule has 32 heavy (non-hydrogen) atoms. The number of hydrogen-bond acceptors (Lipinski definition) is 7. The van der Waals surface area contributed by atoms with Crippen LogP contribution in [-0.2, 0) is 0 Å². The molecule has 1 fully saturated rings. The van der Waals surface area contributed by atoms with Gasteiger partial charge in [-0.25, -0.2) is 14.8 Å². The summed E-state index contributed by atoms with van der Waals surface area (Å²) in [7, 11) is 3.10. The van der Waals surface area contributed by atoms with Gasteiger partial charge in [0.1, 0.15) is 0 Å². The number of para-hydroxylation sites is 1. The molecule has 4 rings (SSSR count). The summed E-state index contributed by atoms with van der Waals surface area (Å²) in [5.74, 6) is 1.78. The van der Waals surface area contributed by atoms with E-state index in [0.29, 0.717) is 28.8 Å². The van der Waals surface area contributed by atoms with Gasteiger partial charge in [0, 0.05) is 43.6 Å². The van der Waals surface area contributed by atoms with Crippen molar-refractivity contribution in [2.75, 3.05) is 60.8 Å². The standard InChI is InChI=1S/C23H26N6O3/c1-31-20-9-8-17(14-21(20)32-2)26-23(30)27-18-15-24-22(25-16-18)29-12-10-28(11-13-29)19-6-4-3-5-7-19/h3-9,14-16H,10-13H2,1-2H3,(H2,26,27,30). The molecule has 1 saturated heterocycles. The number of benzene rings is 2. The summed E-state index contributed by atoms with van der Waals surface area (Å²) in [6.07, 6.45) is 3.22. The van der Waals surface area contributed by atoms with Crippen LogP contribution in [0.1, 0.15) is 0 Å². The van der Waals surface area contributed by atoms with Crippen molar-refractivity contribution in [3.8, 4) is 11.5 Å². The minimum absolute atomic E-state index is 0.398. The molecule has 9 nitrogen and oxygen atoms in total. The smallest absolute Gasteiger partial charge is 0.323 e. The van der Waals surface area contributed by atoms with Gasteiger partial charge in [0.2, 0.25) is 5.95 Å². The van der Waals surface area contributed by atoms with Crippen molar-refractivity contribution < 1.29 is 14.3 Å². The first-order valence-corrected chi connectivity index (χ1v) is 10.3. The Balaban J connectivity index is 1.31. The first-order valence-electron chi connectivity index (χ1n) is 10.3. The molecule has 0 aliphatic carbocycles. The molecule has 2 N–H and O–H groups in total. The van der Waals surface area contributed by atoms with Crippen molar-refractivity contribution >= 4 is 29.0 Å². The van der Waals surface area contributed by atoms with Gasteiger partial charge in [0.05, 0.1) is 32.3 Å². The largest absolute Gasteiger partial charge is 0.493 e. The Hall–Kier alpha value is -4.01. The lowest BCUT2D eigenvalue weighted by Gasteiger charge is -2.36. The van der Waals surface area contributed by atoms with E-state index in [0.717, 1.165) is 26.2 Å². The number of piperazine rings is 1. The summed E-state index contributed by atoms with van der Waals surface area (Å²) in [5.41, 5.74) is 2.32. The summed E-state index contributed by atoms with van der Waals surface area (Å²) in [5, 5.41) is 5.50. The SMILES string of the molecule is COc1ccc(NC(=O)Nc2cnc(N3CCN(c4ccccc4)CC3)nc2)cc1OC. The minimum atomic E-state index is -0.398. The van der Waals surface area contributed by atoms with Gasteiger partial charge in [-0.3, -0.25) is 0 Å². The Labute approximate surface area is 187 Å².